The van der Waals surface area contributed by atoms with Crippen molar-refractivity contribution < 1.29 is 8.42 Å². The fraction of sp³-hybridized carbons (Fsp3) is 0.625. The third-order valence-electron chi connectivity index (χ3n) is 4.04. The lowest BCUT2D eigenvalue weighted by Crippen LogP contribution is -2.41. The summed E-state index contributed by atoms with van der Waals surface area (Å²) in [5.41, 5.74) is 2.48. The molecule has 1 N–H and O–H groups in total. The van der Waals surface area contributed by atoms with E-state index >= 15 is 0 Å². The van der Waals surface area contributed by atoms with Gasteiger partial charge in [-0.15, -0.1) is 0 Å². The summed E-state index contributed by atoms with van der Waals surface area (Å²) < 4.78 is 24.8. The molecule has 0 aromatic heterocycles. The molecule has 0 aliphatic carbocycles. The van der Waals surface area contributed by atoms with Gasteiger partial charge in [-0.05, 0) is 42.9 Å². The Balaban J connectivity index is 1.85. The molecule has 21 heavy (non-hydrogen) atoms. The smallest absolute Gasteiger partial charge is 0.211 e. The van der Waals surface area contributed by atoms with E-state index in [2.05, 4.69) is 36.5 Å². The highest BCUT2D eigenvalue weighted by Crippen LogP contribution is 2.20. The molecule has 1 aromatic rings. The predicted octanol–water partition coefficient (Wildman–Crippen LogP) is 2.72. The molecule has 1 saturated heterocycles. The van der Waals surface area contributed by atoms with Crippen molar-refractivity contribution in [1.29, 1.82) is 0 Å². The molecule has 1 heterocycles. The molecule has 1 atom stereocenters. The van der Waals surface area contributed by atoms with Gasteiger partial charge in [-0.25, -0.2) is 12.7 Å². The first-order valence-corrected chi connectivity index (χ1v) is 9.62. The summed E-state index contributed by atoms with van der Waals surface area (Å²) in [6.07, 6.45) is 5.62. The van der Waals surface area contributed by atoms with Crippen LogP contribution in [0.4, 0.5) is 5.69 Å². The maximum atomic E-state index is 11.6. The third kappa shape index (κ3) is 5.00. The number of benzene rings is 1. The fourth-order valence-corrected chi connectivity index (χ4v) is 3.78. The molecule has 0 spiro atoms. The molecule has 1 unspecified atom stereocenters. The minimum Gasteiger partial charge on any atom is -0.385 e. The summed E-state index contributed by atoms with van der Waals surface area (Å²) in [6.45, 7) is 4.32. The van der Waals surface area contributed by atoms with Gasteiger partial charge in [-0.2, -0.15) is 0 Å². The lowest BCUT2D eigenvalue weighted by Gasteiger charge is -2.31. The molecule has 0 saturated carbocycles. The van der Waals surface area contributed by atoms with Crippen LogP contribution in [-0.4, -0.2) is 38.6 Å². The van der Waals surface area contributed by atoms with E-state index in [1.54, 1.807) is 4.31 Å². The molecule has 1 aromatic carbocycles. The molecular formula is C16H26N2O2S. The first kappa shape index (κ1) is 16.3. The zero-order valence-corrected chi connectivity index (χ0v) is 13.8. The number of hydrogen-bond acceptors (Lipinski definition) is 3. The van der Waals surface area contributed by atoms with Gasteiger partial charge in [0.15, 0.2) is 0 Å². The van der Waals surface area contributed by atoms with Crippen molar-refractivity contribution in [3.8, 4) is 0 Å². The van der Waals surface area contributed by atoms with E-state index in [-0.39, 0.29) is 0 Å². The first-order chi connectivity index (χ1) is 9.99. The second kappa shape index (κ2) is 7.27. The normalized spacial score (nSPS) is 20.4. The van der Waals surface area contributed by atoms with E-state index in [4.69, 9.17) is 0 Å². The topological polar surface area (TPSA) is 49.4 Å². The van der Waals surface area contributed by atoms with Gasteiger partial charge >= 0.3 is 0 Å². The SMILES string of the molecule is CCCc1ccc(NCC2CCCN(S(C)(=O)=O)C2)cc1. The number of aryl methyl sites for hydroxylation is 1. The Morgan fingerprint density at radius 2 is 2.00 bits per heavy atom. The summed E-state index contributed by atoms with van der Waals surface area (Å²) >= 11 is 0. The van der Waals surface area contributed by atoms with E-state index in [1.807, 2.05) is 0 Å². The Bertz CT molecular complexity index is 540. The number of anilines is 1. The van der Waals surface area contributed by atoms with Crippen molar-refractivity contribution in [1.82, 2.24) is 4.31 Å². The van der Waals surface area contributed by atoms with Crippen molar-refractivity contribution in [3.63, 3.8) is 0 Å². The lowest BCUT2D eigenvalue weighted by molar-refractivity contribution is 0.277. The molecule has 2 rings (SSSR count). The summed E-state index contributed by atoms with van der Waals surface area (Å²) in [5, 5.41) is 3.43. The van der Waals surface area contributed by atoms with Crippen LogP contribution in [0.2, 0.25) is 0 Å². The molecular weight excluding hydrogens is 284 g/mol. The Morgan fingerprint density at radius 1 is 1.29 bits per heavy atom. The van der Waals surface area contributed by atoms with Gasteiger partial charge in [0.25, 0.3) is 0 Å². The standard InChI is InChI=1S/C16H26N2O2S/c1-3-5-14-7-9-16(10-8-14)17-12-15-6-4-11-18(13-15)21(2,19)20/h7-10,15,17H,3-6,11-13H2,1-2H3. The molecule has 0 radical (unpaired) electrons. The average molecular weight is 310 g/mol. The van der Waals surface area contributed by atoms with Crippen LogP contribution in [0.15, 0.2) is 24.3 Å². The van der Waals surface area contributed by atoms with Crippen LogP contribution in [0.5, 0.6) is 0 Å². The van der Waals surface area contributed by atoms with E-state index < -0.39 is 10.0 Å². The maximum absolute atomic E-state index is 11.6. The molecule has 118 valence electrons. The largest absolute Gasteiger partial charge is 0.385 e. The Labute approximate surface area is 128 Å². The Morgan fingerprint density at radius 3 is 2.62 bits per heavy atom. The Kier molecular flexibility index (Phi) is 5.65. The summed E-state index contributed by atoms with van der Waals surface area (Å²) in [6, 6.07) is 8.55. The number of sulfonamides is 1. The number of piperidine rings is 1. The van der Waals surface area contributed by atoms with Crippen LogP contribution in [0.1, 0.15) is 31.7 Å². The molecule has 5 heteroatoms. The molecule has 4 nitrogen and oxygen atoms in total. The zero-order valence-electron chi connectivity index (χ0n) is 13.0. The van der Waals surface area contributed by atoms with Crippen LogP contribution in [0.3, 0.4) is 0 Å². The number of hydrogen-bond donors (Lipinski definition) is 1. The molecule has 0 amide bonds. The van der Waals surface area contributed by atoms with Crippen molar-refractivity contribution in [2.75, 3.05) is 31.2 Å². The highest BCUT2D eigenvalue weighted by molar-refractivity contribution is 7.88. The monoisotopic (exact) mass is 310 g/mol. The van der Waals surface area contributed by atoms with Gasteiger partial charge in [0.05, 0.1) is 6.26 Å². The zero-order chi connectivity index (χ0) is 15.3. The molecule has 1 aliphatic rings. The van der Waals surface area contributed by atoms with Gasteiger partial charge in [0, 0.05) is 25.3 Å². The van der Waals surface area contributed by atoms with Gasteiger partial charge in [0.2, 0.25) is 10.0 Å². The minimum absolute atomic E-state index is 0.392. The highest BCUT2D eigenvalue weighted by Gasteiger charge is 2.25. The van der Waals surface area contributed by atoms with Crippen LogP contribution < -0.4 is 5.32 Å². The van der Waals surface area contributed by atoms with Crippen LogP contribution in [0, 0.1) is 5.92 Å². The number of rotatable bonds is 6. The molecule has 1 aliphatic heterocycles. The van der Waals surface area contributed by atoms with Crippen LogP contribution in [-0.2, 0) is 16.4 Å². The summed E-state index contributed by atoms with van der Waals surface area (Å²) in [5.74, 6) is 0.392. The first-order valence-electron chi connectivity index (χ1n) is 7.77. The van der Waals surface area contributed by atoms with Crippen molar-refractivity contribution in [2.45, 2.75) is 32.6 Å². The van der Waals surface area contributed by atoms with E-state index in [1.165, 1.54) is 11.8 Å². The van der Waals surface area contributed by atoms with E-state index in [9.17, 15) is 8.42 Å². The predicted molar refractivity (Wildman–Crippen MR) is 88.1 cm³/mol. The van der Waals surface area contributed by atoms with Gasteiger partial charge < -0.3 is 5.32 Å². The summed E-state index contributed by atoms with van der Waals surface area (Å²) in [4.78, 5) is 0. The van der Waals surface area contributed by atoms with E-state index in [0.717, 1.165) is 37.9 Å². The molecule has 1 fully saturated rings. The molecule has 0 bridgehead atoms. The fourth-order valence-electron chi connectivity index (χ4n) is 2.83. The van der Waals surface area contributed by atoms with Gasteiger partial charge in [0.1, 0.15) is 0 Å². The average Bonchev–Trinajstić information content (AvgIpc) is 2.46. The van der Waals surface area contributed by atoms with Gasteiger partial charge in [-0.1, -0.05) is 25.5 Å². The second-order valence-corrected chi connectivity index (χ2v) is 7.94. The number of nitrogens with one attached hydrogen (secondary N) is 1. The van der Waals surface area contributed by atoms with E-state index in [0.29, 0.717) is 19.0 Å². The van der Waals surface area contributed by atoms with Crippen LogP contribution in [0.25, 0.3) is 0 Å². The minimum atomic E-state index is -3.05. The van der Waals surface area contributed by atoms with Crippen molar-refractivity contribution >= 4 is 15.7 Å². The van der Waals surface area contributed by atoms with Crippen LogP contribution >= 0.6 is 0 Å². The highest BCUT2D eigenvalue weighted by atomic mass is 32.2. The maximum Gasteiger partial charge on any atom is 0.211 e. The number of nitrogens with zero attached hydrogens (tertiary/aromatic N) is 1. The van der Waals surface area contributed by atoms with Gasteiger partial charge in [-0.3, -0.25) is 0 Å². The van der Waals surface area contributed by atoms with Crippen molar-refractivity contribution in [3.05, 3.63) is 29.8 Å². The second-order valence-electron chi connectivity index (χ2n) is 5.96. The Hall–Kier alpha value is -1.07. The van der Waals surface area contributed by atoms with Crippen molar-refractivity contribution in [2.24, 2.45) is 5.92 Å². The quantitative estimate of drug-likeness (QED) is 0.879. The summed E-state index contributed by atoms with van der Waals surface area (Å²) in [7, 11) is -3.05. The third-order valence-corrected chi connectivity index (χ3v) is 5.31. The lowest BCUT2D eigenvalue weighted by atomic mass is 9.99.